The number of aromatic hydroxyl groups is 1. The summed E-state index contributed by atoms with van der Waals surface area (Å²) in [7, 11) is 0. The Hall–Kier alpha value is -2.85. The molecule has 2 aromatic heterocycles. The Morgan fingerprint density at radius 3 is 2.64 bits per heavy atom. The first-order valence-corrected chi connectivity index (χ1v) is 10.1. The molecule has 1 saturated heterocycles. The average Bonchev–Trinajstić information content (AvgIpc) is 3.33. The zero-order valence-electron chi connectivity index (χ0n) is 16.2. The molecule has 1 aliphatic heterocycles. The van der Waals surface area contributed by atoms with Gasteiger partial charge >= 0.3 is 0 Å². The fourth-order valence-electron chi connectivity index (χ4n) is 4.52. The lowest BCUT2D eigenvalue weighted by Gasteiger charge is -2.19. The number of pyridine rings is 1. The first kappa shape index (κ1) is 17.3. The van der Waals surface area contributed by atoms with Gasteiger partial charge in [0.25, 0.3) is 0 Å². The summed E-state index contributed by atoms with van der Waals surface area (Å²) >= 11 is 0. The highest BCUT2D eigenvalue weighted by Gasteiger charge is 2.18. The van der Waals surface area contributed by atoms with Gasteiger partial charge in [0.1, 0.15) is 11.3 Å². The SMILES string of the molecule is Cc1cc2ccccc2n1Cc1cc(CN2CCCC2)c(O)c2ncccc12. The molecule has 0 bridgehead atoms. The van der Waals surface area contributed by atoms with E-state index in [-0.39, 0.29) is 0 Å². The van der Waals surface area contributed by atoms with E-state index in [9.17, 15) is 5.11 Å². The molecule has 142 valence electrons. The van der Waals surface area contributed by atoms with Gasteiger partial charge in [-0.2, -0.15) is 0 Å². The maximum absolute atomic E-state index is 10.9. The first-order valence-electron chi connectivity index (χ1n) is 10.1. The van der Waals surface area contributed by atoms with Gasteiger partial charge in [-0.05, 0) is 68.1 Å². The molecule has 4 nitrogen and oxygen atoms in total. The van der Waals surface area contributed by atoms with Crippen LogP contribution in [0.1, 0.15) is 29.7 Å². The van der Waals surface area contributed by atoms with Gasteiger partial charge in [0.05, 0.1) is 0 Å². The Morgan fingerprint density at radius 2 is 1.79 bits per heavy atom. The predicted molar refractivity (Wildman–Crippen MR) is 114 cm³/mol. The molecule has 1 aliphatic rings. The van der Waals surface area contributed by atoms with Gasteiger partial charge < -0.3 is 9.67 Å². The van der Waals surface area contributed by atoms with Crippen molar-refractivity contribution in [2.24, 2.45) is 0 Å². The summed E-state index contributed by atoms with van der Waals surface area (Å²) in [5.41, 5.74) is 5.39. The van der Waals surface area contributed by atoms with Crippen molar-refractivity contribution in [1.82, 2.24) is 14.5 Å². The van der Waals surface area contributed by atoms with E-state index in [0.717, 1.165) is 37.1 Å². The Labute approximate surface area is 165 Å². The van der Waals surface area contributed by atoms with Crippen LogP contribution in [0.15, 0.2) is 54.7 Å². The van der Waals surface area contributed by atoms with E-state index in [2.05, 4.69) is 63.8 Å². The standard InChI is InChI=1S/C24H25N3O/c1-17-13-18-7-2-3-9-22(18)27(17)16-19-14-20(15-26-11-4-5-12-26)24(28)23-21(19)8-6-10-25-23/h2-3,6-10,13-14,28H,4-5,11-12,15-16H2,1H3. The van der Waals surface area contributed by atoms with Crippen LogP contribution in [0.3, 0.4) is 0 Å². The van der Waals surface area contributed by atoms with Gasteiger partial charge in [-0.25, -0.2) is 0 Å². The quantitative estimate of drug-likeness (QED) is 0.558. The fourth-order valence-corrected chi connectivity index (χ4v) is 4.52. The van der Waals surface area contributed by atoms with Gasteiger partial charge in [0.15, 0.2) is 0 Å². The van der Waals surface area contributed by atoms with E-state index in [1.54, 1.807) is 6.20 Å². The number of nitrogens with zero attached hydrogens (tertiary/aromatic N) is 3. The number of fused-ring (bicyclic) bond motifs is 2. The number of aromatic nitrogens is 2. The molecular formula is C24H25N3O. The maximum Gasteiger partial charge on any atom is 0.146 e. The van der Waals surface area contributed by atoms with Crippen molar-refractivity contribution in [3.05, 3.63) is 71.5 Å². The molecule has 4 aromatic rings. The minimum Gasteiger partial charge on any atom is -0.505 e. The summed E-state index contributed by atoms with van der Waals surface area (Å²) in [6.07, 6.45) is 4.25. The van der Waals surface area contributed by atoms with Gasteiger partial charge in [-0.3, -0.25) is 9.88 Å². The lowest BCUT2D eigenvalue weighted by atomic mass is 10.0. The molecule has 0 saturated carbocycles. The average molecular weight is 371 g/mol. The molecule has 4 heteroatoms. The molecule has 28 heavy (non-hydrogen) atoms. The van der Waals surface area contributed by atoms with E-state index >= 15 is 0 Å². The van der Waals surface area contributed by atoms with Crippen molar-refractivity contribution in [2.45, 2.75) is 32.9 Å². The van der Waals surface area contributed by atoms with Crippen LogP contribution in [0.5, 0.6) is 5.75 Å². The Morgan fingerprint density at radius 1 is 0.964 bits per heavy atom. The Balaban J connectivity index is 1.63. The number of benzene rings is 2. The van der Waals surface area contributed by atoms with Crippen LogP contribution < -0.4 is 0 Å². The number of hydrogen-bond donors (Lipinski definition) is 1. The van der Waals surface area contributed by atoms with E-state index in [4.69, 9.17) is 0 Å². The second-order valence-electron chi connectivity index (χ2n) is 7.86. The monoisotopic (exact) mass is 371 g/mol. The highest BCUT2D eigenvalue weighted by molar-refractivity contribution is 5.89. The summed E-state index contributed by atoms with van der Waals surface area (Å²) < 4.78 is 2.35. The summed E-state index contributed by atoms with van der Waals surface area (Å²) in [6.45, 7) is 5.93. The Kier molecular flexibility index (Phi) is 4.29. The maximum atomic E-state index is 10.9. The fraction of sp³-hybridized carbons (Fsp3) is 0.292. The second-order valence-corrected chi connectivity index (χ2v) is 7.86. The molecule has 0 radical (unpaired) electrons. The largest absolute Gasteiger partial charge is 0.505 e. The van der Waals surface area contributed by atoms with Crippen LogP contribution in [0.4, 0.5) is 0 Å². The summed E-state index contributed by atoms with van der Waals surface area (Å²) in [6, 6.07) is 17.0. The molecule has 1 N–H and O–H groups in total. The summed E-state index contributed by atoms with van der Waals surface area (Å²) in [5.74, 6) is 0.334. The molecule has 0 spiro atoms. The van der Waals surface area contributed by atoms with Gasteiger partial charge in [0, 0.05) is 41.4 Å². The van der Waals surface area contributed by atoms with Crippen LogP contribution in [0.25, 0.3) is 21.8 Å². The lowest BCUT2D eigenvalue weighted by Crippen LogP contribution is -2.18. The van der Waals surface area contributed by atoms with E-state index in [1.807, 2.05) is 6.07 Å². The van der Waals surface area contributed by atoms with Crippen LogP contribution in [0, 0.1) is 6.92 Å². The summed E-state index contributed by atoms with van der Waals surface area (Å²) in [5, 5.41) is 13.2. The molecule has 0 amide bonds. The molecule has 0 unspecified atom stereocenters. The minimum absolute atomic E-state index is 0.334. The van der Waals surface area contributed by atoms with Crippen molar-refractivity contribution in [2.75, 3.05) is 13.1 Å². The van der Waals surface area contributed by atoms with Gasteiger partial charge in [-0.15, -0.1) is 0 Å². The first-order chi connectivity index (χ1) is 13.7. The smallest absolute Gasteiger partial charge is 0.146 e. The van der Waals surface area contributed by atoms with Crippen molar-refractivity contribution in [3.8, 4) is 5.75 Å². The van der Waals surface area contributed by atoms with E-state index in [0.29, 0.717) is 11.3 Å². The molecule has 1 fully saturated rings. The molecule has 0 aliphatic carbocycles. The molecule has 5 rings (SSSR count). The van der Waals surface area contributed by atoms with Crippen LogP contribution in [-0.2, 0) is 13.1 Å². The van der Waals surface area contributed by atoms with Gasteiger partial charge in [0.2, 0.25) is 0 Å². The van der Waals surface area contributed by atoms with Crippen LogP contribution in [0.2, 0.25) is 0 Å². The molecule has 3 heterocycles. The molecule has 2 aromatic carbocycles. The van der Waals surface area contributed by atoms with Crippen molar-refractivity contribution in [3.63, 3.8) is 0 Å². The number of phenolic OH excluding ortho intramolecular Hbond substituents is 1. The third-order valence-electron chi connectivity index (χ3n) is 5.97. The number of likely N-dealkylation sites (tertiary alicyclic amines) is 1. The zero-order chi connectivity index (χ0) is 19.1. The topological polar surface area (TPSA) is 41.3 Å². The number of aryl methyl sites for hydroxylation is 1. The van der Waals surface area contributed by atoms with Crippen LogP contribution in [-0.4, -0.2) is 32.6 Å². The Bertz CT molecular complexity index is 1160. The van der Waals surface area contributed by atoms with Crippen molar-refractivity contribution in [1.29, 1.82) is 0 Å². The third kappa shape index (κ3) is 2.94. The highest BCUT2D eigenvalue weighted by atomic mass is 16.3. The molecular weight excluding hydrogens is 346 g/mol. The van der Waals surface area contributed by atoms with Crippen molar-refractivity contribution >= 4 is 21.8 Å². The van der Waals surface area contributed by atoms with Gasteiger partial charge in [-0.1, -0.05) is 24.3 Å². The lowest BCUT2D eigenvalue weighted by molar-refractivity contribution is 0.324. The summed E-state index contributed by atoms with van der Waals surface area (Å²) in [4.78, 5) is 6.93. The second kappa shape index (κ2) is 6.95. The van der Waals surface area contributed by atoms with E-state index < -0.39 is 0 Å². The third-order valence-corrected chi connectivity index (χ3v) is 5.97. The number of hydrogen-bond acceptors (Lipinski definition) is 3. The van der Waals surface area contributed by atoms with Crippen LogP contribution >= 0.6 is 0 Å². The van der Waals surface area contributed by atoms with E-state index in [1.165, 1.54) is 35.0 Å². The number of phenols is 1. The number of rotatable bonds is 4. The highest BCUT2D eigenvalue weighted by Crippen LogP contribution is 2.33. The normalized spacial score (nSPS) is 15.0. The molecule has 0 atom stereocenters. The minimum atomic E-state index is 0.334. The predicted octanol–water partition coefficient (Wildman–Crippen LogP) is 4.85. The van der Waals surface area contributed by atoms with Crippen molar-refractivity contribution < 1.29 is 5.11 Å². The zero-order valence-corrected chi connectivity index (χ0v) is 16.2. The number of para-hydroxylation sites is 1.